The Hall–Kier alpha value is -1.39. The highest BCUT2D eigenvalue weighted by atomic mass is 79.9. The van der Waals surface area contributed by atoms with E-state index in [0.717, 1.165) is 10.2 Å². The van der Waals surface area contributed by atoms with Crippen LogP contribution in [0.25, 0.3) is 0 Å². The first kappa shape index (κ1) is 13.1. The number of aromatic nitrogens is 1. The van der Waals surface area contributed by atoms with Crippen LogP contribution in [0.3, 0.4) is 0 Å². The number of aryl methyl sites for hydroxylation is 1. The lowest BCUT2D eigenvalue weighted by Gasteiger charge is -2.08. The molecule has 18 heavy (non-hydrogen) atoms. The van der Waals surface area contributed by atoms with Crippen molar-refractivity contribution in [2.45, 2.75) is 6.92 Å². The van der Waals surface area contributed by atoms with Gasteiger partial charge in [-0.2, -0.15) is 0 Å². The van der Waals surface area contributed by atoms with Crippen molar-refractivity contribution >= 4 is 39.1 Å². The average Bonchev–Trinajstić information content (AvgIpc) is 2.34. The van der Waals surface area contributed by atoms with Crippen LogP contribution in [0.4, 0.5) is 5.69 Å². The van der Waals surface area contributed by atoms with E-state index < -0.39 is 0 Å². The van der Waals surface area contributed by atoms with Gasteiger partial charge in [0.15, 0.2) is 0 Å². The number of amides is 1. The number of nitrogens with one attached hydrogen (secondary N) is 1. The molecule has 92 valence electrons. The van der Waals surface area contributed by atoms with Crippen molar-refractivity contribution in [1.29, 1.82) is 0 Å². The Morgan fingerprint density at radius 3 is 2.83 bits per heavy atom. The number of hydrogen-bond donors (Lipinski definition) is 1. The van der Waals surface area contributed by atoms with Gasteiger partial charge in [-0.05, 0) is 53.2 Å². The van der Waals surface area contributed by atoms with Gasteiger partial charge in [-0.25, -0.2) is 0 Å². The molecule has 0 bridgehead atoms. The molecule has 1 heterocycles. The van der Waals surface area contributed by atoms with Crippen LogP contribution in [0.5, 0.6) is 0 Å². The van der Waals surface area contributed by atoms with E-state index in [9.17, 15) is 4.79 Å². The third-order valence-electron chi connectivity index (χ3n) is 2.34. The summed E-state index contributed by atoms with van der Waals surface area (Å²) in [5.41, 5.74) is 2.00. The largest absolute Gasteiger partial charge is 0.321 e. The fourth-order valence-corrected chi connectivity index (χ4v) is 1.99. The summed E-state index contributed by atoms with van der Waals surface area (Å²) in [6.07, 6.45) is 1.61. The molecule has 0 saturated carbocycles. The number of carbonyl (C=O) groups excluding carboxylic acids is 1. The summed E-state index contributed by atoms with van der Waals surface area (Å²) in [6.45, 7) is 1.84. The van der Waals surface area contributed by atoms with E-state index in [4.69, 9.17) is 11.6 Å². The molecule has 0 aliphatic carbocycles. The van der Waals surface area contributed by atoms with Crippen molar-refractivity contribution in [3.63, 3.8) is 0 Å². The first-order valence-corrected chi connectivity index (χ1v) is 6.42. The topological polar surface area (TPSA) is 42.0 Å². The van der Waals surface area contributed by atoms with Crippen molar-refractivity contribution in [3.05, 3.63) is 57.3 Å². The predicted molar refractivity (Wildman–Crippen MR) is 76.1 cm³/mol. The number of benzene rings is 1. The molecular weight excluding hydrogens is 316 g/mol. The number of anilines is 1. The lowest BCUT2D eigenvalue weighted by molar-refractivity contribution is 0.102. The number of halogens is 2. The highest BCUT2D eigenvalue weighted by Gasteiger charge is 2.09. The lowest BCUT2D eigenvalue weighted by Crippen LogP contribution is -2.12. The molecule has 0 atom stereocenters. The third-order valence-corrected chi connectivity index (χ3v) is 3.26. The van der Waals surface area contributed by atoms with Crippen LogP contribution < -0.4 is 5.32 Å². The third kappa shape index (κ3) is 3.09. The minimum absolute atomic E-state index is 0.191. The molecule has 2 aromatic rings. The maximum Gasteiger partial charge on any atom is 0.255 e. The molecule has 5 heteroatoms. The molecule has 0 unspecified atom stereocenters. The Morgan fingerprint density at radius 2 is 2.11 bits per heavy atom. The zero-order valence-electron chi connectivity index (χ0n) is 9.58. The highest BCUT2D eigenvalue weighted by Crippen LogP contribution is 2.26. The van der Waals surface area contributed by atoms with Gasteiger partial charge in [-0.15, -0.1) is 0 Å². The zero-order valence-corrected chi connectivity index (χ0v) is 11.9. The van der Waals surface area contributed by atoms with Gasteiger partial charge in [0.1, 0.15) is 0 Å². The molecule has 0 radical (unpaired) electrons. The zero-order chi connectivity index (χ0) is 13.1. The predicted octanol–water partition coefficient (Wildman–Crippen LogP) is 4.06. The monoisotopic (exact) mass is 324 g/mol. The molecule has 0 fully saturated rings. The number of pyridine rings is 1. The summed E-state index contributed by atoms with van der Waals surface area (Å²) in [6, 6.07) is 8.62. The van der Waals surface area contributed by atoms with Crippen molar-refractivity contribution in [1.82, 2.24) is 4.98 Å². The quantitative estimate of drug-likeness (QED) is 0.905. The second-order valence-corrected chi connectivity index (χ2v) is 5.05. The van der Waals surface area contributed by atoms with E-state index in [0.29, 0.717) is 16.3 Å². The smallest absolute Gasteiger partial charge is 0.255 e. The van der Waals surface area contributed by atoms with E-state index in [1.807, 2.05) is 6.92 Å². The van der Waals surface area contributed by atoms with Gasteiger partial charge in [0.2, 0.25) is 0 Å². The molecule has 0 saturated heterocycles. The standard InChI is InChI=1S/C13H10BrClN2O/c1-8-6-9(4-5-16-8)13(18)17-12-7-10(15)2-3-11(12)14/h2-7H,1H3,(H,17,18). The van der Waals surface area contributed by atoms with Crippen LogP contribution in [0.15, 0.2) is 41.0 Å². The summed E-state index contributed by atoms with van der Waals surface area (Å²) < 4.78 is 0.783. The minimum atomic E-state index is -0.191. The van der Waals surface area contributed by atoms with Crippen LogP contribution >= 0.6 is 27.5 Å². The SMILES string of the molecule is Cc1cc(C(=O)Nc2cc(Cl)ccc2Br)ccn1. The Balaban J connectivity index is 2.24. The normalized spacial score (nSPS) is 10.2. The van der Waals surface area contributed by atoms with Gasteiger partial charge in [-0.1, -0.05) is 11.6 Å². The molecule has 0 aliphatic heterocycles. The van der Waals surface area contributed by atoms with Crippen LogP contribution in [0.2, 0.25) is 5.02 Å². The van der Waals surface area contributed by atoms with Crippen molar-refractivity contribution in [2.24, 2.45) is 0 Å². The summed E-state index contributed by atoms with van der Waals surface area (Å²) in [4.78, 5) is 16.1. The highest BCUT2D eigenvalue weighted by molar-refractivity contribution is 9.10. The fourth-order valence-electron chi connectivity index (χ4n) is 1.47. The molecular formula is C13H10BrClN2O. The van der Waals surface area contributed by atoms with E-state index in [-0.39, 0.29) is 5.91 Å². The van der Waals surface area contributed by atoms with Crippen LogP contribution in [-0.4, -0.2) is 10.9 Å². The van der Waals surface area contributed by atoms with Crippen molar-refractivity contribution in [2.75, 3.05) is 5.32 Å². The van der Waals surface area contributed by atoms with Gasteiger partial charge in [-0.3, -0.25) is 9.78 Å². The van der Waals surface area contributed by atoms with Crippen LogP contribution in [0, 0.1) is 6.92 Å². The summed E-state index contributed by atoms with van der Waals surface area (Å²) in [5, 5.41) is 3.37. The summed E-state index contributed by atoms with van der Waals surface area (Å²) >= 11 is 9.25. The molecule has 1 N–H and O–H groups in total. The van der Waals surface area contributed by atoms with Gasteiger partial charge in [0, 0.05) is 26.9 Å². The van der Waals surface area contributed by atoms with E-state index in [1.54, 1.807) is 36.5 Å². The first-order chi connectivity index (χ1) is 8.56. The maximum absolute atomic E-state index is 12.0. The summed E-state index contributed by atoms with van der Waals surface area (Å²) in [7, 11) is 0. The van der Waals surface area contributed by atoms with Crippen molar-refractivity contribution < 1.29 is 4.79 Å². The molecule has 0 aliphatic rings. The van der Waals surface area contributed by atoms with Crippen LogP contribution in [-0.2, 0) is 0 Å². The van der Waals surface area contributed by atoms with Crippen molar-refractivity contribution in [3.8, 4) is 0 Å². The second-order valence-electron chi connectivity index (χ2n) is 3.76. The molecule has 1 aromatic carbocycles. The van der Waals surface area contributed by atoms with Gasteiger partial charge >= 0.3 is 0 Å². The summed E-state index contributed by atoms with van der Waals surface area (Å²) in [5.74, 6) is -0.191. The maximum atomic E-state index is 12.0. The molecule has 2 rings (SSSR count). The van der Waals surface area contributed by atoms with E-state index in [1.165, 1.54) is 0 Å². The second kappa shape index (κ2) is 5.50. The Kier molecular flexibility index (Phi) is 3.99. The Labute approximate surface area is 118 Å². The van der Waals surface area contributed by atoms with E-state index in [2.05, 4.69) is 26.2 Å². The van der Waals surface area contributed by atoms with Crippen LogP contribution in [0.1, 0.15) is 16.1 Å². The first-order valence-electron chi connectivity index (χ1n) is 5.25. The van der Waals surface area contributed by atoms with Gasteiger partial charge in [0.25, 0.3) is 5.91 Å². The molecule has 3 nitrogen and oxygen atoms in total. The number of nitrogens with zero attached hydrogens (tertiary/aromatic N) is 1. The molecule has 1 amide bonds. The number of hydrogen-bond acceptors (Lipinski definition) is 2. The number of carbonyl (C=O) groups is 1. The van der Waals surface area contributed by atoms with E-state index >= 15 is 0 Å². The number of rotatable bonds is 2. The minimum Gasteiger partial charge on any atom is -0.321 e. The fraction of sp³-hybridized carbons (Fsp3) is 0.0769. The Morgan fingerprint density at radius 1 is 1.33 bits per heavy atom. The Bertz CT molecular complexity index is 601. The van der Waals surface area contributed by atoms with Gasteiger partial charge in [0.05, 0.1) is 5.69 Å². The molecule has 0 spiro atoms. The average molecular weight is 326 g/mol. The van der Waals surface area contributed by atoms with Gasteiger partial charge < -0.3 is 5.32 Å². The molecule has 1 aromatic heterocycles. The lowest BCUT2D eigenvalue weighted by atomic mass is 10.2.